The van der Waals surface area contributed by atoms with Gasteiger partial charge in [0.05, 0.1) is 5.60 Å². The van der Waals surface area contributed by atoms with Crippen molar-refractivity contribution in [2.24, 2.45) is 5.92 Å². The lowest BCUT2D eigenvalue weighted by atomic mass is 9.92. The van der Waals surface area contributed by atoms with Crippen LogP contribution in [0.15, 0.2) is 12.4 Å². The summed E-state index contributed by atoms with van der Waals surface area (Å²) in [6.45, 7) is 7.98. The summed E-state index contributed by atoms with van der Waals surface area (Å²) >= 11 is 0. The van der Waals surface area contributed by atoms with Gasteiger partial charge < -0.3 is 19.9 Å². The Kier molecular flexibility index (Phi) is 4.62. The topological polar surface area (TPSA) is 53.3 Å². The van der Waals surface area contributed by atoms with Gasteiger partial charge in [0.1, 0.15) is 5.82 Å². The molecular weight excluding hydrogens is 264 g/mol. The van der Waals surface area contributed by atoms with Gasteiger partial charge >= 0.3 is 0 Å². The number of aryl methyl sites for hydroxylation is 2. The third kappa shape index (κ3) is 3.84. The van der Waals surface area contributed by atoms with Gasteiger partial charge in [0.2, 0.25) is 0 Å². The highest BCUT2D eigenvalue weighted by atomic mass is 16.3. The van der Waals surface area contributed by atoms with Crippen LogP contribution in [0.1, 0.15) is 31.5 Å². The van der Waals surface area contributed by atoms with Gasteiger partial charge in [0.25, 0.3) is 0 Å². The number of β-amino-alcohol motifs (C(OH)–C–C–N with tert-alkyl or cyclic N) is 1. The highest BCUT2D eigenvalue weighted by Gasteiger charge is 2.34. The van der Waals surface area contributed by atoms with E-state index < -0.39 is 5.60 Å². The molecule has 3 heterocycles. The molecular formula is C16H28N4O. The third-order valence-electron chi connectivity index (χ3n) is 5.15. The zero-order valence-corrected chi connectivity index (χ0v) is 13.1. The van der Waals surface area contributed by atoms with E-state index in [2.05, 4.69) is 32.9 Å². The predicted octanol–water partition coefficient (Wildman–Crippen LogP) is 1.02. The number of rotatable bonds is 5. The molecule has 1 aromatic heterocycles. The Labute approximate surface area is 127 Å². The van der Waals surface area contributed by atoms with Crippen LogP contribution in [-0.4, -0.2) is 57.9 Å². The number of imidazole rings is 1. The van der Waals surface area contributed by atoms with Crippen LogP contribution in [0.2, 0.25) is 0 Å². The van der Waals surface area contributed by atoms with Crippen LogP contribution < -0.4 is 5.32 Å². The first-order valence-electron chi connectivity index (χ1n) is 8.28. The van der Waals surface area contributed by atoms with E-state index >= 15 is 0 Å². The molecule has 0 spiro atoms. The summed E-state index contributed by atoms with van der Waals surface area (Å²) in [7, 11) is 0. The average Bonchev–Trinajstić information content (AvgIpc) is 3.07. The summed E-state index contributed by atoms with van der Waals surface area (Å²) in [6.07, 6.45) is 8.62. The fourth-order valence-corrected chi connectivity index (χ4v) is 3.68. The number of hydrogen-bond acceptors (Lipinski definition) is 4. The maximum absolute atomic E-state index is 10.5. The summed E-state index contributed by atoms with van der Waals surface area (Å²) in [5.41, 5.74) is -0.485. The number of hydrogen-bond donors (Lipinski definition) is 2. The van der Waals surface area contributed by atoms with Crippen molar-refractivity contribution in [2.45, 2.75) is 44.8 Å². The number of nitrogens with one attached hydrogen (secondary N) is 1. The molecule has 1 atom stereocenters. The van der Waals surface area contributed by atoms with Gasteiger partial charge in [0.15, 0.2) is 0 Å². The van der Waals surface area contributed by atoms with Crippen molar-refractivity contribution in [2.75, 3.05) is 32.7 Å². The number of aliphatic hydroxyl groups is 1. The van der Waals surface area contributed by atoms with E-state index in [0.717, 1.165) is 57.4 Å². The smallest absolute Gasteiger partial charge is 0.105 e. The van der Waals surface area contributed by atoms with E-state index in [4.69, 9.17) is 0 Å². The Morgan fingerprint density at radius 3 is 2.86 bits per heavy atom. The zero-order chi connectivity index (χ0) is 14.7. The zero-order valence-electron chi connectivity index (χ0n) is 13.1. The van der Waals surface area contributed by atoms with Crippen LogP contribution >= 0.6 is 0 Å². The lowest BCUT2D eigenvalue weighted by Crippen LogP contribution is -2.47. The normalized spacial score (nSPS) is 28.3. The molecule has 0 saturated carbocycles. The van der Waals surface area contributed by atoms with Crippen molar-refractivity contribution in [3.8, 4) is 0 Å². The second-order valence-corrected chi connectivity index (χ2v) is 6.83. The molecule has 3 rings (SSSR count). The average molecular weight is 292 g/mol. The largest absolute Gasteiger partial charge is 0.387 e. The molecule has 5 nitrogen and oxygen atoms in total. The minimum absolute atomic E-state index is 0.485. The van der Waals surface area contributed by atoms with Crippen LogP contribution in [0.4, 0.5) is 0 Å². The van der Waals surface area contributed by atoms with Crippen molar-refractivity contribution in [1.29, 1.82) is 0 Å². The minimum Gasteiger partial charge on any atom is -0.387 e. The molecule has 21 heavy (non-hydrogen) atoms. The molecule has 5 heteroatoms. The molecule has 0 amide bonds. The predicted molar refractivity (Wildman–Crippen MR) is 83.2 cm³/mol. The molecule has 118 valence electrons. The SMILES string of the molecule is Cc1nccn1CCC1CCN(C[C@@]2(O)CCNC2)CC1. The van der Waals surface area contributed by atoms with Gasteiger partial charge in [-0.15, -0.1) is 0 Å². The second kappa shape index (κ2) is 6.46. The van der Waals surface area contributed by atoms with Gasteiger partial charge in [-0.05, 0) is 58.2 Å². The highest BCUT2D eigenvalue weighted by molar-refractivity contribution is 4.92. The number of piperidine rings is 1. The molecule has 2 N–H and O–H groups in total. The maximum Gasteiger partial charge on any atom is 0.105 e. The van der Waals surface area contributed by atoms with Gasteiger partial charge in [-0.25, -0.2) is 4.98 Å². The van der Waals surface area contributed by atoms with E-state index in [9.17, 15) is 5.11 Å². The molecule has 0 aromatic carbocycles. The Balaban J connectivity index is 1.40. The highest BCUT2D eigenvalue weighted by Crippen LogP contribution is 2.24. The molecule has 0 aliphatic carbocycles. The van der Waals surface area contributed by atoms with Gasteiger partial charge in [0, 0.05) is 32.0 Å². The summed E-state index contributed by atoms with van der Waals surface area (Å²) in [4.78, 5) is 6.73. The Hall–Kier alpha value is -0.910. The first-order chi connectivity index (χ1) is 10.1. The second-order valence-electron chi connectivity index (χ2n) is 6.83. The molecule has 2 aliphatic heterocycles. The summed E-state index contributed by atoms with van der Waals surface area (Å²) < 4.78 is 2.25. The van der Waals surface area contributed by atoms with Gasteiger partial charge in [-0.3, -0.25) is 0 Å². The van der Waals surface area contributed by atoms with Crippen LogP contribution in [0, 0.1) is 12.8 Å². The lowest BCUT2D eigenvalue weighted by molar-refractivity contribution is 0.0100. The van der Waals surface area contributed by atoms with Crippen LogP contribution in [0.3, 0.4) is 0 Å². The summed E-state index contributed by atoms with van der Waals surface area (Å²) in [5.74, 6) is 1.93. The van der Waals surface area contributed by atoms with Crippen molar-refractivity contribution in [1.82, 2.24) is 19.8 Å². The van der Waals surface area contributed by atoms with Crippen molar-refractivity contribution < 1.29 is 5.11 Å². The fourth-order valence-electron chi connectivity index (χ4n) is 3.68. The van der Waals surface area contributed by atoms with E-state index in [1.165, 1.54) is 19.3 Å². The van der Waals surface area contributed by atoms with Gasteiger partial charge in [-0.2, -0.15) is 0 Å². The standard InChI is InChI=1S/C16H28N4O/c1-14-18-7-11-20(14)10-4-15-2-8-19(9-3-15)13-16(21)5-6-17-12-16/h7,11,15,17,21H,2-6,8-10,12-13H2,1H3/t16-/m1/s1. The monoisotopic (exact) mass is 292 g/mol. The van der Waals surface area contributed by atoms with E-state index in [-0.39, 0.29) is 0 Å². The van der Waals surface area contributed by atoms with Gasteiger partial charge in [-0.1, -0.05) is 0 Å². The van der Waals surface area contributed by atoms with Crippen LogP contribution in [-0.2, 0) is 6.54 Å². The number of nitrogens with zero attached hydrogens (tertiary/aromatic N) is 3. The van der Waals surface area contributed by atoms with Crippen LogP contribution in [0.5, 0.6) is 0 Å². The van der Waals surface area contributed by atoms with Crippen molar-refractivity contribution >= 4 is 0 Å². The first kappa shape index (κ1) is 15.0. The maximum atomic E-state index is 10.5. The quantitative estimate of drug-likeness (QED) is 0.851. The van der Waals surface area contributed by atoms with E-state index in [0.29, 0.717) is 0 Å². The minimum atomic E-state index is -0.485. The third-order valence-corrected chi connectivity index (χ3v) is 5.15. The molecule has 2 saturated heterocycles. The number of likely N-dealkylation sites (tertiary alicyclic amines) is 1. The molecule has 0 bridgehead atoms. The number of aromatic nitrogens is 2. The molecule has 0 unspecified atom stereocenters. The lowest BCUT2D eigenvalue weighted by Gasteiger charge is -2.36. The molecule has 2 aliphatic rings. The molecule has 1 aromatic rings. The van der Waals surface area contributed by atoms with Crippen molar-refractivity contribution in [3.63, 3.8) is 0 Å². The van der Waals surface area contributed by atoms with Crippen molar-refractivity contribution in [3.05, 3.63) is 18.2 Å². The first-order valence-corrected chi connectivity index (χ1v) is 8.28. The molecule has 0 radical (unpaired) electrons. The summed E-state index contributed by atoms with van der Waals surface area (Å²) in [6, 6.07) is 0. The van der Waals surface area contributed by atoms with Crippen LogP contribution in [0.25, 0.3) is 0 Å². The fraction of sp³-hybridized carbons (Fsp3) is 0.812. The Bertz CT molecular complexity index is 445. The van der Waals surface area contributed by atoms with E-state index in [1.807, 2.05) is 6.20 Å². The Morgan fingerprint density at radius 1 is 1.43 bits per heavy atom. The molecule has 2 fully saturated rings. The Morgan fingerprint density at radius 2 is 2.24 bits per heavy atom. The van der Waals surface area contributed by atoms with E-state index in [1.54, 1.807) is 0 Å². The summed E-state index contributed by atoms with van der Waals surface area (Å²) in [5, 5.41) is 13.7.